The van der Waals surface area contributed by atoms with Crippen molar-refractivity contribution in [3.8, 4) is 6.07 Å². The van der Waals surface area contributed by atoms with Crippen molar-refractivity contribution in [1.82, 2.24) is 0 Å². The highest BCUT2D eigenvalue weighted by molar-refractivity contribution is 9.10. The fraction of sp³-hybridized carbons (Fsp3) is 0.0625. The lowest BCUT2D eigenvalue weighted by molar-refractivity contribution is -0.123. The molecule has 0 aliphatic carbocycles. The Morgan fingerprint density at radius 1 is 1.00 bits per heavy atom. The van der Waals surface area contributed by atoms with Gasteiger partial charge in [0, 0.05) is 10.2 Å². The summed E-state index contributed by atoms with van der Waals surface area (Å²) in [6.45, 7) is 0. The summed E-state index contributed by atoms with van der Waals surface area (Å²) >= 11 is 3.30. The van der Waals surface area contributed by atoms with Gasteiger partial charge in [-0.2, -0.15) is 5.26 Å². The van der Waals surface area contributed by atoms with Crippen LogP contribution >= 0.6 is 15.9 Å². The molecule has 0 aromatic heterocycles. The molecule has 0 saturated heterocycles. The summed E-state index contributed by atoms with van der Waals surface area (Å²) < 4.78 is 0.899. The van der Waals surface area contributed by atoms with E-state index >= 15 is 0 Å². The first kappa shape index (κ1) is 15.7. The van der Waals surface area contributed by atoms with Crippen molar-refractivity contribution in [3.63, 3.8) is 0 Å². The van der Waals surface area contributed by atoms with Gasteiger partial charge >= 0.3 is 0 Å². The molecular formula is C16H12BrN3O2. The Morgan fingerprint density at radius 2 is 1.64 bits per heavy atom. The van der Waals surface area contributed by atoms with Gasteiger partial charge in [0.05, 0.1) is 11.3 Å². The van der Waals surface area contributed by atoms with Crippen LogP contribution in [0.25, 0.3) is 0 Å². The molecule has 0 fully saturated rings. The van der Waals surface area contributed by atoms with Crippen LogP contribution < -0.4 is 10.6 Å². The number of nitriles is 1. The Hall–Kier alpha value is -2.65. The standard InChI is InChI=1S/C16H12BrN3O2/c17-12-5-7-13(8-6-12)19-15(21)9-16(22)20-14-4-2-1-3-11(14)10-18/h1-8H,9H2,(H,19,21)(H,20,22). The van der Waals surface area contributed by atoms with Crippen LogP contribution in [-0.4, -0.2) is 11.8 Å². The van der Waals surface area contributed by atoms with E-state index < -0.39 is 11.8 Å². The summed E-state index contributed by atoms with van der Waals surface area (Å²) in [5.41, 5.74) is 1.36. The molecular weight excluding hydrogens is 346 g/mol. The third-order valence-electron chi connectivity index (χ3n) is 2.77. The number of hydrogen-bond acceptors (Lipinski definition) is 3. The van der Waals surface area contributed by atoms with E-state index in [2.05, 4.69) is 26.6 Å². The molecule has 2 amide bonds. The van der Waals surface area contributed by atoms with Crippen molar-refractivity contribution in [2.75, 3.05) is 10.6 Å². The number of nitrogens with zero attached hydrogens (tertiary/aromatic N) is 1. The van der Waals surface area contributed by atoms with E-state index in [1.54, 1.807) is 48.5 Å². The minimum atomic E-state index is -0.475. The maximum atomic E-state index is 11.8. The number of benzene rings is 2. The van der Waals surface area contributed by atoms with Gasteiger partial charge in [0.2, 0.25) is 11.8 Å². The Labute approximate surface area is 136 Å². The molecule has 5 nitrogen and oxygen atoms in total. The zero-order valence-corrected chi connectivity index (χ0v) is 13.1. The molecule has 0 aliphatic rings. The van der Waals surface area contributed by atoms with Crippen molar-refractivity contribution in [2.24, 2.45) is 0 Å². The molecule has 0 saturated carbocycles. The van der Waals surface area contributed by atoms with Gasteiger partial charge in [0.25, 0.3) is 0 Å². The highest BCUT2D eigenvalue weighted by atomic mass is 79.9. The maximum absolute atomic E-state index is 11.8. The van der Waals surface area contributed by atoms with Crippen LogP contribution in [0.1, 0.15) is 12.0 Å². The van der Waals surface area contributed by atoms with Crippen molar-refractivity contribution < 1.29 is 9.59 Å². The molecule has 0 radical (unpaired) electrons. The van der Waals surface area contributed by atoms with Crippen molar-refractivity contribution >= 4 is 39.1 Å². The van der Waals surface area contributed by atoms with Crippen LogP contribution in [0.4, 0.5) is 11.4 Å². The highest BCUT2D eigenvalue weighted by Crippen LogP contribution is 2.15. The highest BCUT2D eigenvalue weighted by Gasteiger charge is 2.11. The van der Waals surface area contributed by atoms with Gasteiger partial charge in [0.1, 0.15) is 12.5 Å². The van der Waals surface area contributed by atoms with Gasteiger partial charge in [-0.05, 0) is 36.4 Å². The van der Waals surface area contributed by atoms with E-state index in [-0.39, 0.29) is 6.42 Å². The van der Waals surface area contributed by atoms with E-state index in [9.17, 15) is 9.59 Å². The van der Waals surface area contributed by atoms with Crippen molar-refractivity contribution in [1.29, 1.82) is 5.26 Å². The summed E-state index contributed by atoms with van der Waals surface area (Å²) in [5, 5.41) is 14.1. The third kappa shape index (κ3) is 4.43. The number of carbonyl (C=O) groups is 2. The maximum Gasteiger partial charge on any atom is 0.233 e. The lowest BCUT2D eigenvalue weighted by Gasteiger charge is -2.07. The number of carbonyl (C=O) groups excluding carboxylic acids is 2. The number of hydrogen-bond donors (Lipinski definition) is 2. The second-order valence-corrected chi connectivity index (χ2v) is 5.35. The first-order chi connectivity index (χ1) is 10.6. The number of nitrogens with one attached hydrogen (secondary N) is 2. The fourth-order valence-electron chi connectivity index (χ4n) is 1.77. The van der Waals surface area contributed by atoms with E-state index in [4.69, 9.17) is 5.26 Å². The summed E-state index contributed by atoms with van der Waals surface area (Å²) in [7, 11) is 0. The van der Waals surface area contributed by atoms with Crippen molar-refractivity contribution in [2.45, 2.75) is 6.42 Å². The molecule has 22 heavy (non-hydrogen) atoms. The van der Waals surface area contributed by atoms with Gasteiger partial charge in [0.15, 0.2) is 0 Å². The summed E-state index contributed by atoms with van der Waals surface area (Å²) in [6.07, 6.45) is -0.324. The normalized spacial score (nSPS) is 9.64. The minimum Gasteiger partial charge on any atom is -0.326 e. The smallest absolute Gasteiger partial charge is 0.233 e. The largest absolute Gasteiger partial charge is 0.326 e. The van der Waals surface area contributed by atoms with E-state index in [0.29, 0.717) is 16.9 Å². The lowest BCUT2D eigenvalue weighted by Crippen LogP contribution is -2.21. The number of halogens is 1. The Kier molecular flexibility index (Phi) is 5.28. The summed E-state index contributed by atoms with van der Waals surface area (Å²) in [4.78, 5) is 23.7. The molecule has 6 heteroatoms. The van der Waals surface area contributed by atoms with Crippen LogP contribution in [0.3, 0.4) is 0 Å². The number of anilines is 2. The average molecular weight is 358 g/mol. The minimum absolute atomic E-state index is 0.324. The quantitative estimate of drug-likeness (QED) is 0.823. The summed E-state index contributed by atoms with van der Waals surface area (Å²) in [6, 6.07) is 15.6. The molecule has 0 aliphatic heterocycles. The second kappa shape index (κ2) is 7.38. The Balaban J connectivity index is 1.93. The second-order valence-electron chi connectivity index (χ2n) is 4.44. The van der Waals surface area contributed by atoms with Crippen molar-refractivity contribution in [3.05, 3.63) is 58.6 Å². The molecule has 0 unspecified atom stereocenters. The van der Waals surface area contributed by atoms with Gasteiger partial charge in [-0.1, -0.05) is 28.1 Å². The number of rotatable bonds is 4. The van der Waals surface area contributed by atoms with Crippen LogP contribution in [0.2, 0.25) is 0 Å². The molecule has 2 N–H and O–H groups in total. The monoisotopic (exact) mass is 357 g/mol. The molecule has 2 aromatic rings. The van der Waals surface area contributed by atoms with Crippen LogP contribution in [0.5, 0.6) is 0 Å². The lowest BCUT2D eigenvalue weighted by atomic mass is 10.2. The SMILES string of the molecule is N#Cc1ccccc1NC(=O)CC(=O)Nc1ccc(Br)cc1. The molecule has 110 valence electrons. The first-order valence-electron chi connectivity index (χ1n) is 6.43. The van der Waals surface area contributed by atoms with E-state index in [1.165, 1.54) is 0 Å². The molecule has 0 spiro atoms. The molecule has 2 rings (SSSR count). The topological polar surface area (TPSA) is 82.0 Å². The zero-order valence-electron chi connectivity index (χ0n) is 11.5. The fourth-order valence-corrected chi connectivity index (χ4v) is 2.03. The third-order valence-corrected chi connectivity index (χ3v) is 3.30. The number of amides is 2. The average Bonchev–Trinajstić information content (AvgIpc) is 2.50. The van der Waals surface area contributed by atoms with Gasteiger partial charge in [-0.25, -0.2) is 0 Å². The molecule has 2 aromatic carbocycles. The van der Waals surface area contributed by atoms with Gasteiger partial charge in [-0.15, -0.1) is 0 Å². The predicted molar refractivity (Wildman–Crippen MR) is 87.2 cm³/mol. The molecule has 0 heterocycles. The van der Waals surface area contributed by atoms with Gasteiger partial charge < -0.3 is 10.6 Å². The molecule has 0 atom stereocenters. The van der Waals surface area contributed by atoms with Crippen LogP contribution in [0, 0.1) is 11.3 Å². The first-order valence-corrected chi connectivity index (χ1v) is 7.22. The Bertz CT molecular complexity index is 736. The van der Waals surface area contributed by atoms with E-state index in [0.717, 1.165) is 4.47 Å². The van der Waals surface area contributed by atoms with Crippen LogP contribution in [-0.2, 0) is 9.59 Å². The number of para-hydroxylation sites is 1. The predicted octanol–water partition coefficient (Wildman–Crippen LogP) is 3.29. The van der Waals surface area contributed by atoms with Gasteiger partial charge in [-0.3, -0.25) is 9.59 Å². The molecule has 0 bridgehead atoms. The summed E-state index contributed by atoms with van der Waals surface area (Å²) in [5.74, 6) is -0.897. The van der Waals surface area contributed by atoms with E-state index in [1.807, 2.05) is 6.07 Å². The Morgan fingerprint density at radius 3 is 2.32 bits per heavy atom. The van der Waals surface area contributed by atoms with Crippen LogP contribution in [0.15, 0.2) is 53.0 Å². The zero-order chi connectivity index (χ0) is 15.9.